The van der Waals surface area contributed by atoms with E-state index in [-0.39, 0.29) is 11.9 Å². The van der Waals surface area contributed by atoms with E-state index in [1.165, 1.54) is 0 Å². The fourth-order valence-electron chi connectivity index (χ4n) is 3.13. The highest BCUT2D eigenvalue weighted by atomic mass is 16.5. The van der Waals surface area contributed by atoms with Crippen LogP contribution in [-0.2, 0) is 16.0 Å². The van der Waals surface area contributed by atoms with Crippen LogP contribution in [0.4, 0.5) is 0 Å². The quantitative estimate of drug-likeness (QED) is 0.555. The number of H-pyrrole nitrogens is 1. The summed E-state index contributed by atoms with van der Waals surface area (Å²) in [5.74, 6) is 1.25. The fourth-order valence-corrected chi connectivity index (χ4v) is 3.13. The minimum Gasteiger partial charge on any atom is -0.493 e. The first-order valence-electron chi connectivity index (χ1n) is 9.26. The Morgan fingerprint density at radius 2 is 1.93 bits per heavy atom. The van der Waals surface area contributed by atoms with Gasteiger partial charge < -0.3 is 24.5 Å². The maximum absolute atomic E-state index is 12.5. The lowest BCUT2D eigenvalue weighted by Crippen LogP contribution is -2.28. The van der Waals surface area contributed by atoms with Crippen LogP contribution in [0.5, 0.6) is 11.5 Å². The number of carbonyl (C=O) groups excluding carboxylic acids is 1. The van der Waals surface area contributed by atoms with E-state index in [2.05, 4.69) is 10.3 Å². The third-order valence-corrected chi connectivity index (χ3v) is 4.64. The molecule has 0 aliphatic heterocycles. The maximum Gasteiger partial charge on any atom is 0.224 e. The molecule has 1 unspecified atom stereocenters. The van der Waals surface area contributed by atoms with Gasteiger partial charge in [0.1, 0.15) is 6.61 Å². The highest BCUT2D eigenvalue weighted by Crippen LogP contribution is 2.30. The van der Waals surface area contributed by atoms with Gasteiger partial charge >= 0.3 is 0 Å². The lowest BCUT2D eigenvalue weighted by molar-refractivity contribution is -0.121. The van der Waals surface area contributed by atoms with Crippen LogP contribution in [0.1, 0.15) is 24.1 Å². The second-order valence-electron chi connectivity index (χ2n) is 6.58. The zero-order valence-corrected chi connectivity index (χ0v) is 16.5. The fraction of sp³-hybridized carbons (Fsp3) is 0.318. The lowest BCUT2D eigenvalue weighted by Gasteiger charge is -2.17. The molecule has 1 atom stereocenters. The summed E-state index contributed by atoms with van der Waals surface area (Å²) in [4.78, 5) is 15.7. The van der Waals surface area contributed by atoms with Crippen molar-refractivity contribution in [2.75, 3.05) is 27.4 Å². The highest BCUT2D eigenvalue weighted by molar-refractivity contribution is 5.89. The van der Waals surface area contributed by atoms with Gasteiger partial charge in [-0.15, -0.1) is 0 Å². The standard InChI is InChI=1S/C22H26N2O4/c1-15(16-8-9-20(21(12-16)27-3)28-11-10-26-2)24-22(25)13-17-14-23-19-7-5-4-6-18(17)19/h4-9,12,14-15,23H,10-11,13H2,1-3H3,(H,24,25). The van der Waals surface area contributed by atoms with Gasteiger partial charge in [0.25, 0.3) is 0 Å². The second kappa shape index (κ2) is 9.28. The molecular weight excluding hydrogens is 356 g/mol. The van der Waals surface area contributed by atoms with E-state index in [9.17, 15) is 4.79 Å². The largest absolute Gasteiger partial charge is 0.493 e. The van der Waals surface area contributed by atoms with E-state index >= 15 is 0 Å². The molecule has 2 aromatic carbocycles. The molecule has 0 aliphatic carbocycles. The Hall–Kier alpha value is -2.99. The highest BCUT2D eigenvalue weighted by Gasteiger charge is 2.15. The molecular formula is C22H26N2O4. The smallest absolute Gasteiger partial charge is 0.224 e. The third kappa shape index (κ3) is 4.64. The molecule has 1 aromatic heterocycles. The number of aromatic nitrogens is 1. The van der Waals surface area contributed by atoms with Gasteiger partial charge in [0, 0.05) is 24.2 Å². The van der Waals surface area contributed by atoms with Gasteiger partial charge in [-0.1, -0.05) is 24.3 Å². The van der Waals surface area contributed by atoms with E-state index in [1.54, 1.807) is 14.2 Å². The molecule has 6 nitrogen and oxygen atoms in total. The van der Waals surface area contributed by atoms with Gasteiger partial charge in [-0.2, -0.15) is 0 Å². The second-order valence-corrected chi connectivity index (χ2v) is 6.58. The molecule has 0 spiro atoms. The van der Waals surface area contributed by atoms with Crippen LogP contribution in [0.2, 0.25) is 0 Å². The molecule has 3 aromatic rings. The molecule has 0 saturated heterocycles. The number of fused-ring (bicyclic) bond motifs is 1. The number of ether oxygens (including phenoxy) is 3. The minimum atomic E-state index is -0.153. The first-order chi connectivity index (χ1) is 13.6. The van der Waals surface area contributed by atoms with Gasteiger partial charge in [-0.25, -0.2) is 0 Å². The van der Waals surface area contributed by atoms with Crippen molar-refractivity contribution in [2.24, 2.45) is 0 Å². The number of carbonyl (C=O) groups is 1. The summed E-state index contributed by atoms with van der Waals surface area (Å²) in [6.07, 6.45) is 2.22. The molecule has 0 fully saturated rings. The summed E-state index contributed by atoms with van der Waals surface area (Å²) < 4.78 is 16.1. The number of nitrogens with one attached hydrogen (secondary N) is 2. The molecule has 1 heterocycles. The van der Waals surface area contributed by atoms with Crippen molar-refractivity contribution >= 4 is 16.8 Å². The van der Waals surface area contributed by atoms with Crippen LogP contribution in [0.3, 0.4) is 0 Å². The molecule has 1 amide bonds. The molecule has 0 aliphatic rings. The van der Waals surface area contributed by atoms with Crippen molar-refractivity contribution in [3.63, 3.8) is 0 Å². The van der Waals surface area contributed by atoms with E-state index in [1.807, 2.05) is 55.6 Å². The zero-order chi connectivity index (χ0) is 19.9. The third-order valence-electron chi connectivity index (χ3n) is 4.64. The normalized spacial score (nSPS) is 12.0. The van der Waals surface area contributed by atoms with Gasteiger partial charge in [0.05, 0.1) is 26.2 Å². The molecule has 0 bridgehead atoms. The van der Waals surface area contributed by atoms with Gasteiger partial charge in [-0.3, -0.25) is 4.79 Å². The van der Waals surface area contributed by atoms with Crippen molar-refractivity contribution in [1.82, 2.24) is 10.3 Å². The predicted octanol–water partition coefficient (Wildman–Crippen LogP) is 3.62. The molecule has 6 heteroatoms. The molecule has 0 saturated carbocycles. The van der Waals surface area contributed by atoms with E-state index in [4.69, 9.17) is 14.2 Å². The van der Waals surface area contributed by atoms with Gasteiger partial charge in [0.15, 0.2) is 11.5 Å². The van der Waals surface area contributed by atoms with Crippen LogP contribution < -0.4 is 14.8 Å². The number of methoxy groups -OCH3 is 2. The number of hydrogen-bond donors (Lipinski definition) is 2. The van der Waals surface area contributed by atoms with Gasteiger partial charge in [-0.05, 0) is 36.2 Å². The Morgan fingerprint density at radius 1 is 1.11 bits per heavy atom. The SMILES string of the molecule is COCCOc1ccc(C(C)NC(=O)Cc2c[nH]c3ccccc23)cc1OC. The zero-order valence-electron chi connectivity index (χ0n) is 16.5. The number of para-hydroxylation sites is 1. The van der Waals surface area contributed by atoms with Crippen molar-refractivity contribution in [1.29, 1.82) is 0 Å². The van der Waals surface area contributed by atoms with Crippen LogP contribution in [0, 0.1) is 0 Å². The Labute approximate surface area is 164 Å². The van der Waals surface area contributed by atoms with Gasteiger partial charge in [0.2, 0.25) is 5.91 Å². The number of rotatable bonds is 9. The van der Waals surface area contributed by atoms with Crippen molar-refractivity contribution < 1.29 is 19.0 Å². The summed E-state index contributed by atoms with van der Waals surface area (Å²) in [6.45, 7) is 2.90. The Morgan fingerprint density at radius 3 is 2.71 bits per heavy atom. The summed E-state index contributed by atoms with van der Waals surface area (Å²) in [5.41, 5.74) is 2.97. The molecule has 0 radical (unpaired) electrons. The Kier molecular flexibility index (Phi) is 6.55. The molecule has 148 valence electrons. The number of amides is 1. The summed E-state index contributed by atoms with van der Waals surface area (Å²) in [7, 11) is 3.23. The number of aromatic amines is 1. The lowest BCUT2D eigenvalue weighted by atomic mass is 10.1. The predicted molar refractivity (Wildman–Crippen MR) is 109 cm³/mol. The summed E-state index contributed by atoms with van der Waals surface area (Å²) >= 11 is 0. The van der Waals surface area contributed by atoms with Crippen LogP contribution >= 0.6 is 0 Å². The minimum absolute atomic E-state index is 0.0309. The topological polar surface area (TPSA) is 72.6 Å². The first kappa shape index (κ1) is 19.8. The van der Waals surface area contributed by atoms with Crippen molar-refractivity contribution in [2.45, 2.75) is 19.4 Å². The average molecular weight is 382 g/mol. The van der Waals surface area contributed by atoms with Crippen LogP contribution in [0.25, 0.3) is 10.9 Å². The summed E-state index contributed by atoms with van der Waals surface area (Å²) in [6, 6.07) is 13.5. The molecule has 28 heavy (non-hydrogen) atoms. The molecule has 3 rings (SSSR count). The van der Waals surface area contributed by atoms with Crippen molar-refractivity contribution in [3.05, 3.63) is 59.8 Å². The monoisotopic (exact) mass is 382 g/mol. The van der Waals surface area contributed by atoms with E-state index < -0.39 is 0 Å². The Balaban J connectivity index is 1.64. The van der Waals surface area contributed by atoms with Crippen LogP contribution in [0.15, 0.2) is 48.7 Å². The average Bonchev–Trinajstić information content (AvgIpc) is 3.11. The van der Waals surface area contributed by atoms with Crippen LogP contribution in [-0.4, -0.2) is 38.3 Å². The number of benzene rings is 2. The Bertz CT molecular complexity index is 935. The molecule has 2 N–H and O–H groups in total. The van der Waals surface area contributed by atoms with E-state index in [0.717, 1.165) is 22.0 Å². The summed E-state index contributed by atoms with van der Waals surface area (Å²) in [5, 5.41) is 4.13. The maximum atomic E-state index is 12.5. The first-order valence-corrected chi connectivity index (χ1v) is 9.26. The number of hydrogen-bond acceptors (Lipinski definition) is 4. The van der Waals surface area contributed by atoms with E-state index in [0.29, 0.717) is 31.1 Å². The van der Waals surface area contributed by atoms with Crippen molar-refractivity contribution in [3.8, 4) is 11.5 Å².